The van der Waals surface area contributed by atoms with Gasteiger partial charge < -0.3 is 20.3 Å². The minimum absolute atomic E-state index is 0.149. The van der Waals surface area contributed by atoms with E-state index in [1.807, 2.05) is 42.5 Å². The van der Waals surface area contributed by atoms with Crippen LogP contribution in [0.4, 0.5) is 0 Å². The van der Waals surface area contributed by atoms with Gasteiger partial charge in [-0.1, -0.05) is 60.7 Å². The molecule has 0 saturated carbocycles. The number of carbonyl (C=O) groups is 1. The van der Waals surface area contributed by atoms with Crippen LogP contribution in [0, 0.1) is 0 Å². The Morgan fingerprint density at radius 2 is 1.67 bits per heavy atom. The molecule has 3 aromatic rings. The van der Waals surface area contributed by atoms with Crippen molar-refractivity contribution in [3.63, 3.8) is 0 Å². The van der Waals surface area contributed by atoms with Gasteiger partial charge in [-0.3, -0.25) is 0 Å². The van der Waals surface area contributed by atoms with E-state index < -0.39 is 12.1 Å². The second-order valence-corrected chi connectivity index (χ2v) is 7.36. The average Bonchev–Trinajstić information content (AvgIpc) is 2.78. The molecule has 0 bridgehead atoms. The van der Waals surface area contributed by atoms with Crippen molar-refractivity contribution < 1.29 is 19.7 Å². The minimum atomic E-state index is -1.01. The molecule has 30 heavy (non-hydrogen) atoms. The normalized spacial score (nSPS) is 12.9. The molecule has 3 rings (SSSR count). The van der Waals surface area contributed by atoms with E-state index >= 15 is 0 Å². The highest BCUT2D eigenvalue weighted by Gasteiger charge is 2.13. The Kier molecular flexibility index (Phi) is 7.22. The monoisotopic (exact) mass is 405 g/mol. The predicted octanol–water partition coefficient (Wildman–Crippen LogP) is 4.31. The summed E-state index contributed by atoms with van der Waals surface area (Å²) in [5.74, 6) is -0.661. The third-order valence-electron chi connectivity index (χ3n) is 5.11. The summed E-state index contributed by atoms with van der Waals surface area (Å²) >= 11 is 0. The van der Waals surface area contributed by atoms with Gasteiger partial charge in [0.05, 0.1) is 13.2 Å². The third-order valence-corrected chi connectivity index (χ3v) is 5.11. The number of rotatable bonds is 9. The molecule has 0 aliphatic carbocycles. The molecule has 0 spiro atoms. The molecule has 0 saturated heterocycles. The summed E-state index contributed by atoms with van der Waals surface area (Å²) in [6, 6.07) is 23.1. The quantitative estimate of drug-likeness (QED) is 0.494. The summed E-state index contributed by atoms with van der Waals surface area (Å²) in [7, 11) is 1.47. The summed E-state index contributed by atoms with van der Waals surface area (Å²) in [5.41, 5.74) is 4.14. The van der Waals surface area contributed by atoms with Crippen molar-refractivity contribution in [2.45, 2.75) is 25.5 Å². The zero-order valence-electron chi connectivity index (χ0n) is 17.2. The Morgan fingerprint density at radius 3 is 2.30 bits per heavy atom. The molecule has 0 heterocycles. The largest absolute Gasteiger partial charge is 0.496 e. The first-order chi connectivity index (χ1) is 14.5. The number of carboxylic acids is 1. The number of aliphatic hydroxyl groups excluding tert-OH is 1. The highest BCUT2D eigenvalue weighted by molar-refractivity contribution is 5.92. The van der Waals surface area contributed by atoms with Gasteiger partial charge in [-0.05, 0) is 47.7 Å². The standard InChI is InChI=1S/C25H27NO4/c1-17(26-16-23(27)20-6-4-3-5-7-20)14-18-8-10-19(11-9-18)21-12-13-22(25(28)29)24(15-21)30-2/h3-13,15,17,23,26-27H,14,16H2,1-2H3,(H,28,29)/t17-,23+/m1/s1. The number of benzene rings is 3. The summed E-state index contributed by atoms with van der Waals surface area (Å²) in [6.07, 6.45) is 0.308. The lowest BCUT2D eigenvalue weighted by Gasteiger charge is -2.18. The van der Waals surface area contributed by atoms with Gasteiger partial charge in [0.2, 0.25) is 0 Å². The number of hydrogen-bond donors (Lipinski definition) is 3. The molecule has 0 unspecified atom stereocenters. The van der Waals surface area contributed by atoms with Crippen LogP contribution in [0.25, 0.3) is 11.1 Å². The number of nitrogens with one attached hydrogen (secondary N) is 1. The Morgan fingerprint density at radius 1 is 1.00 bits per heavy atom. The molecular weight excluding hydrogens is 378 g/mol. The Balaban J connectivity index is 1.60. The van der Waals surface area contributed by atoms with Crippen LogP contribution in [0.15, 0.2) is 72.8 Å². The molecule has 0 aliphatic heterocycles. The van der Waals surface area contributed by atoms with Gasteiger partial charge in [0, 0.05) is 12.6 Å². The minimum Gasteiger partial charge on any atom is -0.496 e. The van der Waals surface area contributed by atoms with Gasteiger partial charge in [0.1, 0.15) is 11.3 Å². The molecule has 5 nitrogen and oxygen atoms in total. The second-order valence-electron chi connectivity index (χ2n) is 7.36. The van der Waals surface area contributed by atoms with Crippen LogP contribution < -0.4 is 10.1 Å². The fourth-order valence-electron chi connectivity index (χ4n) is 3.41. The summed E-state index contributed by atoms with van der Waals surface area (Å²) in [6.45, 7) is 2.60. The fourth-order valence-corrected chi connectivity index (χ4v) is 3.41. The first-order valence-electron chi connectivity index (χ1n) is 9.95. The van der Waals surface area contributed by atoms with E-state index in [9.17, 15) is 15.0 Å². The van der Waals surface area contributed by atoms with Crippen LogP contribution in [0.3, 0.4) is 0 Å². The second kappa shape index (κ2) is 10.1. The van der Waals surface area contributed by atoms with Gasteiger partial charge in [0.15, 0.2) is 0 Å². The fraction of sp³-hybridized carbons (Fsp3) is 0.240. The predicted molar refractivity (Wildman–Crippen MR) is 118 cm³/mol. The van der Waals surface area contributed by atoms with E-state index in [1.165, 1.54) is 12.7 Å². The maximum Gasteiger partial charge on any atom is 0.339 e. The van der Waals surface area contributed by atoms with Crippen molar-refractivity contribution in [3.8, 4) is 16.9 Å². The Labute approximate surface area is 177 Å². The van der Waals surface area contributed by atoms with Gasteiger partial charge in [-0.2, -0.15) is 0 Å². The summed E-state index contributed by atoms with van der Waals surface area (Å²) in [4.78, 5) is 11.3. The Hall–Kier alpha value is -3.15. The maximum absolute atomic E-state index is 11.3. The van der Waals surface area contributed by atoms with Crippen LogP contribution in [-0.4, -0.2) is 35.9 Å². The van der Waals surface area contributed by atoms with Crippen molar-refractivity contribution in [3.05, 3.63) is 89.5 Å². The van der Waals surface area contributed by atoms with Crippen LogP contribution in [0.2, 0.25) is 0 Å². The average molecular weight is 405 g/mol. The first kappa shape index (κ1) is 21.6. The third kappa shape index (κ3) is 5.47. The zero-order valence-corrected chi connectivity index (χ0v) is 17.2. The van der Waals surface area contributed by atoms with Crippen LogP contribution >= 0.6 is 0 Å². The molecule has 0 aromatic heterocycles. The topological polar surface area (TPSA) is 78.8 Å². The number of aliphatic hydroxyl groups is 1. The molecule has 0 radical (unpaired) electrons. The maximum atomic E-state index is 11.3. The summed E-state index contributed by atoms with van der Waals surface area (Å²) in [5, 5.41) is 22.9. The molecule has 0 aliphatic rings. The first-order valence-corrected chi connectivity index (χ1v) is 9.95. The lowest BCUT2D eigenvalue weighted by molar-refractivity contribution is 0.0693. The number of hydrogen-bond acceptors (Lipinski definition) is 4. The van der Waals surface area contributed by atoms with E-state index in [2.05, 4.69) is 24.4 Å². The van der Waals surface area contributed by atoms with Gasteiger partial charge >= 0.3 is 5.97 Å². The van der Waals surface area contributed by atoms with Gasteiger partial charge in [-0.15, -0.1) is 0 Å². The van der Waals surface area contributed by atoms with Crippen molar-refractivity contribution in [2.75, 3.05) is 13.7 Å². The highest BCUT2D eigenvalue weighted by atomic mass is 16.5. The molecular formula is C25H27NO4. The Bertz CT molecular complexity index is 970. The lowest BCUT2D eigenvalue weighted by atomic mass is 9.99. The summed E-state index contributed by atoms with van der Waals surface area (Å²) < 4.78 is 5.21. The van der Waals surface area contributed by atoms with E-state index in [-0.39, 0.29) is 11.6 Å². The molecule has 3 N–H and O–H groups in total. The van der Waals surface area contributed by atoms with Crippen molar-refractivity contribution in [1.82, 2.24) is 5.32 Å². The molecule has 3 aromatic carbocycles. The molecule has 2 atom stereocenters. The van der Waals surface area contributed by atoms with Crippen molar-refractivity contribution >= 4 is 5.97 Å². The molecule has 5 heteroatoms. The van der Waals surface area contributed by atoms with Crippen molar-refractivity contribution in [1.29, 1.82) is 0 Å². The number of ether oxygens (including phenoxy) is 1. The van der Waals surface area contributed by atoms with Crippen molar-refractivity contribution in [2.24, 2.45) is 0 Å². The van der Waals surface area contributed by atoms with E-state index in [0.29, 0.717) is 12.3 Å². The lowest BCUT2D eigenvalue weighted by Crippen LogP contribution is -2.32. The molecule has 156 valence electrons. The van der Waals surface area contributed by atoms with Gasteiger partial charge in [0.25, 0.3) is 0 Å². The number of aromatic carboxylic acids is 1. The molecule has 0 fully saturated rings. The SMILES string of the molecule is COc1cc(-c2ccc(C[C@@H](C)NC[C@H](O)c3ccccc3)cc2)ccc1C(=O)O. The highest BCUT2D eigenvalue weighted by Crippen LogP contribution is 2.27. The van der Waals surface area contributed by atoms with E-state index in [4.69, 9.17) is 4.74 Å². The van der Waals surface area contributed by atoms with E-state index in [1.54, 1.807) is 18.2 Å². The smallest absolute Gasteiger partial charge is 0.339 e. The number of methoxy groups -OCH3 is 1. The van der Waals surface area contributed by atoms with Gasteiger partial charge in [-0.25, -0.2) is 4.79 Å². The van der Waals surface area contributed by atoms with E-state index in [0.717, 1.165) is 23.1 Å². The van der Waals surface area contributed by atoms with Crippen LogP contribution in [-0.2, 0) is 6.42 Å². The van der Waals surface area contributed by atoms with Crippen LogP contribution in [0.1, 0.15) is 34.5 Å². The molecule has 0 amide bonds. The zero-order chi connectivity index (χ0) is 21.5. The number of carboxylic acid groups (broad SMARTS) is 1. The van der Waals surface area contributed by atoms with Crippen LogP contribution in [0.5, 0.6) is 5.75 Å².